The molecule has 0 N–H and O–H groups in total. The summed E-state index contributed by atoms with van der Waals surface area (Å²) in [6, 6.07) is 0. The van der Waals surface area contributed by atoms with Crippen LogP contribution in [0.5, 0.6) is 0 Å². The Kier molecular flexibility index (Phi) is 4.87. The summed E-state index contributed by atoms with van der Waals surface area (Å²) >= 11 is 0. The molecule has 1 fully saturated rings. The van der Waals surface area contributed by atoms with Gasteiger partial charge in [0.15, 0.2) is 0 Å². The molecule has 1 heteroatoms. The monoisotopic (exact) mass is 166 g/mol. The minimum Gasteiger partial charge on any atom is -0.384 e. The summed E-state index contributed by atoms with van der Waals surface area (Å²) in [5, 5.41) is 0. The maximum atomic E-state index is 4.93. The summed E-state index contributed by atoms with van der Waals surface area (Å²) < 4.78 is 4.93. The lowest BCUT2D eigenvalue weighted by Gasteiger charge is -2.15. The molecular formula is C11H18O. The summed E-state index contributed by atoms with van der Waals surface area (Å²) in [4.78, 5) is 0. The molecule has 68 valence electrons. The van der Waals surface area contributed by atoms with Crippen LogP contribution in [0.1, 0.15) is 38.5 Å². The molecule has 1 nitrogen and oxygen atoms in total. The summed E-state index contributed by atoms with van der Waals surface area (Å²) in [6.45, 7) is 0.778. The Morgan fingerprint density at radius 2 is 2.00 bits per heavy atom. The molecule has 0 unspecified atom stereocenters. The lowest BCUT2D eigenvalue weighted by Crippen LogP contribution is -2.03. The van der Waals surface area contributed by atoms with Crippen LogP contribution >= 0.6 is 0 Å². The van der Waals surface area contributed by atoms with Crippen molar-refractivity contribution in [3.63, 3.8) is 0 Å². The van der Waals surface area contributed by atoms with Crippen LogP contribution in [0.15, 0.2) is 0 Å². The van der Waals surface area contributed by atoms with Gasteiger partial charge in [-0.1, -0.05) is 25.2 Å². The molecule has 0 aromatic carbocycles. The van der Waals surface area contributed by atoms with Gasteiger partial charge in [0, 0.05) is 19.4 Å². The van der Waals surface area contributed by atoms with Crippen molar-refractivity contribution < 1.29 is 4.74 Å². The molecule has 0 aromatic heterocycles. The predicted octanol–water partition coefficient (Wildman–Crippen LogP) is 2.61. The Hall–Kier alpha value is -0.480. The van der Waals surface area contributed by atoms with E-state index in [0.29, 0.717) is 5.92 Å². The lowest BCUT2D eigenvalue weighted by atomic mass is 9.90. The van der Waals surface area contributed by atoms with E-state index >= 15 is 0 Å². The van der Waals surface area contributed by atoms with E-state index in [4.69, 9.17) is 4.74 Å². The van der Waals surface area contributed by atoms with E-state index < -0.39 is 0 Å². The average Bonchev–Trinajstić information content (AvgIpc) is 2.14. The molecule has 0 amide bonds. The highest BCUT2D eigenvalue weighted by molar-refractivity contribution is 5.04. The zero-order chi connectivity index (χ0) is 8.65. The van der Waals surface area contributed by atoms with E-state index in [-0.39, 0.29) is 0 Å². The molecule has 0 bridgehead atoms. The molecule has 0 heterocycles. The van der Waals surface area contributed by atoms with E-state index in [0.717, 1.165) is 13.0 Å². The van der Waals surface area contributed by atoms with Crippen molar-refractivity contribution in [3.05, 3.63) is 0 Å². The van der Waals surface area contributed by atoms with Crippen molar-refractivity contribution in [2.45, 2.75) is 38.5 Å². The fourth-order valence-corrected chi connectivity index (χ4v) is 1.62. The van der Waals surface area contributed by atoms with Crippen molar-refractivity contribution in [2.24, 2.45) is 5.92 Å². The molecule has 12 heavy (non-hydrogen) atoms. The fourth-order valence-electron chi connectivity index (χ4n) is 1.62. The SMILES string of the molecule is COCCC#CC1CCCCC1. The van der Waals surface area contributed by atoms with Gasteiger partial charge in [0.05, 0.1) is 6.61 Å². The molecule has 0 saturated heterocycles. The highest BCUT2D eigenvalue weighted by Gasteiger charge is 2.09. The molecule has 1 rings (SSSR count). The van der Waals surface area contributed by atoms with Crippen molar-refractivity contribution in [2.75, 3.05) is 13.7 Å². The van der Waals surface area contributed by atoms with Crippen LogP contribution in [0.4, 0.5) is 0 Å². The summed E-state index contributed by atoms with van der Waals surface area (Å²) in [5.41, 5.74) is 0. The third kappa shape index (κ3) is 3.78. The van der Waals surface area contributed by atoms with Crippen LogP contribution in [0.3, 0.4) is 0 Å². The Morgan fingerprint density at radius 1 is 1.25 bits per heavy atom. The van der Waals surface area contributed by atoms with Crippen molar-refractivity contribution in [1.29, 1.82) is 0 Å². The van der Waals surface area contributed by atoms with Gasteiger partial charge in [-0.05, 0) is 12.8 Å². The van der Waals surface area contributed by atoms with Crippen LogP contribution < -0.4 is 0 Å². The first kappa shape index (κ1) is 9.61. The van der Waals surface area contributed by atoms with Gasteiger partial charge in [-0.2, -0.15) is 0 Å². The lowest BCUT2D eigenvalue weighted by molar-refractivity contribution is 0.206. The Morgan fingerprint density at radius 3 is 2.67 bits per heavy atom. The van der Waals surface area contributed by atoms with Crippen LogP contribution in [-0.4, -0.2) is 13.7 Å². The number of methoxy groups -OCH3 is 1. The van der Waals surface area contributed by atoms with Gasteiger partial charge >= 0.3 is 0 Å². The number of hydrogen-bond donors (Lipinski definition) is 0. The third-order valence-electron chi connectivity index (χ3n) is 2.34. The number of ether oxygens (including phenoxy) is 1. The van der Waals surface area contributed by atoms with Crippen molar-refractivity contribution in [1.82, 2.24) is 0 Å². The molecule has 1 aliphatic rings. The predicted molar refractivity (Wildman–Crippen MR) is 50.8 cm³/mol. The van der Waals surface area contributed by atoms with Crippen LogP contribution in [-0.2, 0) is 4.74 Å². The zero-order valence-corrected chi connectivity index (χ0v) is 7.94. The Labute approximate surface area is 75.5 Å². The van der Waals surface area contributed by atoms with Gasteiger partial charge in [-0.15, -0.1) is 5.92 Å². The van der Waals surface area contributed by atoms with Gasteiger partial charge in [-0.25, -0.2) is 0 Å². The molecule has 0 atom stereocenters. The van der Waals surface area contributed by atoms with Crippen LogP contribution in [0, 0.1) is 17.8 Å². The quantitative estimate of drug-likeness (QED) is 0.452. The van der Waals surface area contributed by atoms with E-state index in [9.17, 15) is 0 Å². The van der Waals surface area contributed by atoms with E-state index in [1.165, 1.54) is 32.1 Å². The first-order valence-corrected chi connectivity index (χ1v) is 4.91. The molecule has 0 radical (unpaired) electrons. The molecule has 0 spiro atoms. The average molecular weight is 166 g/mol. The van der Waals surface area contributed by atoms with Gasteiger partial charge in [-0.3, -0.25) is 0 Å². The summed E-state index contributed by atoms with van der Waals surface area (Å²) in [5.74, 6) is 7.20. The molecular weight excluding hydrogens is 148 g/mol. The van der Waals surface area contributed by atoms with E-state index in [2.05, 4.69) is 11.8 Å². The first-order chi connectivity index (χ1) is 5.93. The maximum absolute atomic E-state index is 4.93. The van der Waals surface area contributed by atoms with Gasteiger partial charge < -0.3 is 4.74 Å². The number of hydrogen-bond acceptors (Lipinski definition) is 1. The molecule has 0 aliphatic heterocycles. The second kappa shape index (κ2) is 6.08. The zero-order valence-electron chi connectivity index (χ0n) is 7.94. The topological polar surface area (TPSA) is 9.23 Å². The minimum atomic E-state index is 0.690. The number of rotatable bonds is 2. The smallest absolute Gasteiger partial charge is 0.0571 e. The van der Waals surface area contributed by atoms with E-state index in [1.54, 1.807) is 7.11 Å². The van der Waals surface area contributed by atoms with Crippen molar-refractivity contribution in [3.8, 4) is 11.8 Å². The van der Waals surface area contributed by atoms with Crippen LogP contribution in [0.25, 0.3) is 0 Å². The van der Waals surface area contributed by atoms with Gasteiger partial charge in [0.25, 0.3) is 0 Å². The molecule has 1 saturated carbocycles. The highest BCUT2D eigenvalue weighted by atomic mass is 16.5. The van der Waals surface area contributed by atoms with Crippen molar-refractivity contribution >= 4 is 0 Å². The largest absolute Gasteiger partial charge is 0.384 e. The van der Waals surface area contributed by atoms with Gasteiger partial charge in [0.2, 0.25) is 0 Å². The Balaban J connectivity index is 2.13. The normalized spacial score (nSPS) is 18.4. The highest BCUT2D eigenvalue weighted by Crippen LogP contribution is 2.22. The standard InChI is InChI=1S/C11H18O/c1-12-10-6-5-9-11-7-3-2-4-8-11/h11H,2-4,6-8,10H2,1H3. The fraction of sp³-hybridized carbons (Fsp3) is 0.818. The van der Waals surface area contributed by atoms with Gasteiger partial charge in [0.1, 0.15) is 0 Å². The molecule has 0 aromatic rings. The summed E-state index contributed by atoms with van der Waals surface area (Å²) in [6.07, 6.45) is 7.70. The van der Waals surface area contributed by atoms with E-state index in [1.807, 2.05) is 0 Å². The second-order valence-electron chi connectivity index (χ2n) is 3.40. The first-order valence-electron chi connectivity index (χ1n) is 4.91. The van der Waals surface area contributed by atoms with Crippen LogP contribution in [0.2, 0.25) is 0 Å². The summed E-state index contributed by atoms with van der Waals surface area (Å²) in [7, 11) is 1.72. The Bertz CT molecular complexity index is 158. The third-order valence-corrected chi connectivity index (χ3v) is 2.34. The second-order valence-corrected chi connectivity index (χ2v) is 3.40. The maximum Gasteiger partial charge on any atom is 0.0571 e. The molecule has 1 aliphatic carbocycles. The minimum absolute atomic E-state index is 0.690.